The number of rotatable bonds is 5. The van der Waals surface area contributed by atoms with Crippen LogP contribution in [0, 0.1) is 5.82 Å². The van der Waals surface area contributed by atoms with E-state index in [-0.39, 0.29) is 17.3 Å². The van der Waals surface area contributed by atoms with Crippen LogP contribution in [0.25, 0.3) is 11.1 Å². The molecule has 0 radical (unpaired) electrons. The van der Waals surface area contributed by atoms with Gasteiger partial charge in [0.15, 0.2) is 0 Å². The van der Waals surface area contributed by atoms with Crippen LogP contribution in [0.4, 0.5) is 10.1 Å². The summed E-state index contributed by atoms with van der Waals surface area (Å²) in [5.74, 6) is -0.0162. The van der Waals surface area contributed by atoms with Crippen molar-refractivity contribution in [2.75, 3.05) is 38.6 Å². The van der Waals surface area contributed by atoms with Crippen LogP contribution in [-0.2, 0) is 0 Å². The summed E-state index contributed by atoms with van der Waals surface area (Å²) in [6.45, 7) is 3.34. The Morgan fingerprint density at radius 2 is 1.63 bits per heavy atom. The minimum absolute atomic E-state index is 0.287. The highest BCUT2D eigenvalue weighted by Crippen LogP contribution is 2.32. The Kier molecular flexibility index (Phi) is 6.26. The van der Waals surface area contributed by atoms with Crippen LogP contribution in [0.5, 0.6) is 5.75 Å². The molecule has 2 heterocycles. The minimum atomic E-state index is -0.374. The van der Waals surface area contributed by atoms with Crippen molar-refractivity contribution in [2.45, 2.75) is 12.8 Å². The van der Waals surface area contributed by atoms with Gasteiger partial charge in [-0.2, -0.15) is 0 Å². The molecule has 30 heavy (non-hydrogen) atoms. The first-order valence-electron chi connectivity index (χ1n) is 10.2. The summed E-state index contributed by atoms with van der Waals surface area (Å²) in [5, 5.41) is 9.36. The van der Waals surface area contributed by atoms with Crippen molar-refractivity contribution in [2.24, 2.45) is 0 Å². The zero-order valence-electron chi connectivity index (χ0n) is 17.1. The molecule has 0 aliphatic carbocycles. The smallest absolute Gasteiger partial charge is 0.255 e. The quantitative estimate of drug-likeness (QED) is 0.705. The molecule has 0 saturated heterocycles. The van der Waals surface area contributed by atoms with Gasteiger partial charge in [-0.3, -0.25) is 4.79 Å². The van der Waals surface area contributed by atoms with Crippen LogP contribution in [0.15, 0.2) is 48.6 Å². The van der Waals surface area contributed by atoms with E-state index >= 15 is 0 Å². The predicted molar refractivity (Wildman–Crippen MR) is 118 cm³/mol. The number of halogens is 1. The fourth-order valence-electron chi connectivity index (χ4n) is 3.89. The van der Waals surface area contributed by atoms with Gasteiger partial charge in [0.05, 0.1) is 7.11 Å². The number of hydrogen-bond donors (Lipinski definition) is 3. The van der Waals surface area contributed by atoms with Gasteiger partial charge < -0.3 is 20.7 Å². The van der Waals surface area contributed by atoms with Crippen LogP contribution in [-0.4, -0.2) is 39.2 Å². The van der Waals surface area contributed by atoms with Crippen LogP contribution < -0.4 is 20.7 Å². The molecular formula is C24H26FN3O2. The van der Waals surface area contributed by atoms with Gasteiger partial charge in [0.25, 0.3) is 5.91 Å². The first-order valence-corrected chi connectivity index (χ1v) is 10.2. The summed E-state index contributed by atoms with van der Waals surface area (Å²) in [7, 11) is 1.62. The Labute approximate surface area is 176 Å². The number of methoxy groups -OCH3 is 1. The van der Waals surface area contributed by atoms with E-state index in [9.17, 15) is 9.18 Å². The third kappa shape index (κ3) is 4.45. The number of carbonyl (C=O) groups is 1. The molecular weight excluding hydrogens is 381 g/mol. The highest BCUT2D eigenvalue weighted by atomic mass is 19.1. The number of amides is 1. The summed E-state index contributed by atoms with van der Waals surface area (Å²) in [4.78, 5) is 12.7. The number of anilines is 1. The lowest BCUT2D eigenvalue weighted by Crippen LogP contribution is -2.20. The van der Waals surface area contributed by atoms with E-state index < -0.39 is 0 Å². The molecule has 156 valence electrons. The standard InChI is InChI=1S/C24H26FN3O2/c1-30-23-15-19(3-5-21(23)17-8-12-27-13-9-17)28-24(29)18-2-4-20(22(25)14-18)16-6-10-26-11-7-16/h2-6,8,14-15,26-27H,7,9-13H2,1H3,(H,28,29). The van der Waals surface area contributed by atoms with E-state index in [0.29, 0.717) is 17.0 Å². The number of benzene rings is 2. The van der Waals surface area contributed by atoms with Crippen molar-refractivity contribution in [1.82, 2.24) is 10.6 Å². The molecule has 0 bridgehead atoms. The fraction of sp³-hybridized carbons (Fsp3) is 0.292. The van der Waals surface area contributed by atoms with Crippen LogP contribution in [0.2, 0.25) is 0 Å². The van der Waals surface area contributed by atoms with Crippen LogP contribution in [0.3, 0.4) is 0 Å². The van der Waals surface area contributed by atoms with Crippen molar-refractivity contribution >= 4 is 22.7 Å². The third-order valence-corrected chi connectivity index (χ3v) is 5.51. The van der Waals surface area contributed by atoms with Gasteiger partial charge in [-0.1, -0.05) is 18.2 Å². The lowest BCUT2D eigenvalue weighted by atomic mass is 9.98. The maximum Gasteiger partial charge on any atom is 0.255 e. The maximum atomic E-state index is 14.6. The molecule has 0 unspecified atom stereocenters. The van der Waals surface area contributed by atoms with Crippen LogP contribution >= 0.6 is 0 Å². The molecule has 3 N–H and O–H groups in total. The summed E-state index contributed by atoms with van der Waals surface area (Å²) in [6.07, 6.45) is 5.86. The Bertz CT molecular complexity index is 1010. The molecule has 2 aromatic rings. The zero-order valence-corrected chi connectivity index (χ0v) is 17.1. The summed E-state index contributed by atoms with van der Waals surface area (Å²) in [5.41, 5.74) is 4.70. The summed E-state index contributed by atoms with van der Waals surface area (Å²) < 4.78 is 20.2. The van der Waals surface area contributed by atoms with E-state index in [1.807, 2.05) is 18.2 Å². The van der Waals surface area contributed by atoms with Gasteiger partial charge in [0.2, 0.25) is 0 Å². The second kappa shape index (κ2) is 9.24. The SMILES string of the molecule is COc1cc(NC(=O)c2ccc(C3=CCNCC3)c(F)c2)ccc1C1=CCNCC1. The Balaban J connectivity index is 1.51. The van der Waals surface area contributed by atoms with Gasteiger partial charge in [0.1, 0.15) is 11.6 Å². The molecule has 0 atom stereocenters. The Morgan fingerprint density at radius 3 is 2.23 bits per heavy atom. The van der Waals surface area contributed by atoms with E-state index in [4.69, 9.17) is 4.74 Å². The number of carbonyl (C=O) groups excluding carboxylic acids is 1. The highest BCUT2D eigenvalue weighted by molar-refractivity contribution is 6.04. The number of hydrogen-bond acceptors (Lipinski definition) is 4. The van der Waals surface area contributed by atoms with Gasteiger partial charge in [-0.05, 0) is 61.3 Å². The molecule has 1 amide bonds. The van der Waals surface area contributed by atoms with Crippen molar-refractivity contribution in [3.63, 3.8) is 0 Å². The topological polar surface area (TPSA) is 62.4 Å². The lowest BCUT2D eigenvalue weighted by molar-refractivity contribution is 0.102. The normalized spacial score (nSPS) is 16.5. The zero-order chi connectivity index (χ0) is 20.9. The van der Waals surface area contributed by atoms with Gasteiger partial charge in [0, 0.05) is 41.5 Å². The summed E-state index contributed by atoms with van der Waals surface area (Å²) in [6, 6.07) is 10.3. The first kappa shape index (κ1) is 20.3. The number of nitrogens with one attached hydrogen (secondary N) is 3. The van der Waals surface area contributed by atoms with E-state index in [0.717, 1.165) is 50.2 Å². The van der Waals surface area contributed by atoms with E-state index in [1.54, 1.807) is 25.3 Å². The monoisotopic (exact) mass is 407 g/mol. The van der Waals surface area contributed by atoms with Gasteiger partial charge >= 0.3 is 0 Å². The molecule has 0 spiro atoms. The van der Waals surface area contributed by atoms with Gasteiger partial charge in [-0.15, -0.1) is 0 Å². The first-order chi connectivity index (χ1) is 14.7. The molecule has 4 rings (SSSR count). The van der Waals surface area contributed by atoms with Crippen molar-refractivity contribution < 1.29 is 13.9 Å². The highest BCUT2D eigenvalue weighted by Gasteiger charge is 2.16. The Morgan fingerprint density at radius 1 is 0.967 bits per heavy atom. The molecule has 0 aromatic heterocycles. The largest absolute Gasteiger partial charge is 0.496 e. The van der Waals surface area contributed by atoms with Crippen LogP contribution in [0.1, 0.15) is 34.3 Å². The van der Waals surface area contributed by atoms with E-state index in [1.165, 1.54) is 11.6 Å². The maximum absolute atomic E-state index is 14.6. The molecule has 0 fully saturated rings. The molecule has 6 heteroatoms. The number of ether oxygens (including phenoxy) is 1. The molecule has 5 nitrogen and oxygen atoms in total. The second-order valence-electron chi connectivity index (χ2n) is 7.43. The lowest BCUT2D eigenvalue weighted by Gasteiger charge is -2.18. The fourth-order valence-corrected chi connectivity index (χ4v) is 3.89. The van der Waals surface area contributed by atoms with Gasteiger partial charge in [-0.25, -0.2) is 4.39 Å². The molecule has 2 aliphatic heterocycles. The minimum Gasteiger partial charge on any atom is -0.496 e. The second-order valence-corrected chi connectivity index (χ2v) is 7.43. The van der Waals surface area contributed by atoms with E-state index in [2.05, 4.69) is 22.0 Å². The average Bonchev–Trinajstić information content (AvgIpc) is 2.80. The Hall–Kier alpha value is -2.96. The molecule has 0 saturated carbocycles. The molecule has 2 aliphatic rings. The van der Waals surface area contributed by atoms with Crippen molar-refractivity contribution in [3.8, 4) is 5.75 Å². The average molecular weight is 407 g/mol. The summed E-state index contributed by atoms with van der Waals surface area (Å²) >= 11 is 0. The van der Waals surface area contributed by atoms with Crippen molar-refractivity contribution in [1.29, 1.82) is 0 Å². The van der Waals surface area contributed by atoms with Crippen molar-refractivity contribution in [3.05, 3.63) is 71.1 Å². The molecule has 2 aromatic carbocycles. The predicted octanol–water partition coefficient (Wildman–Crippen LogP) is 3.84. The third-order valence-electron chi connectivity index (χ3n) is 5.51.